The molecule has 0 aromatic heterocycles. The van der Waals surface area contributed by atoms with Crippen LogP contribution in [-0.2, 0) is 10.0 Å². The average Bonchev–Trinajstić information content (AvgIpc) is 2.41. The van der Waals surface area contributed by atoms with Crippen LogP contribution in [0.1, 0.15) is 13.3 Å². The van der Waals surface area contributed by atoms with E-state index in [-0.39, 0.29) is 11.7 Å². The highest BCUT2D eigenvalue weighted by Gasteiger charge is 2.31. The maximum Gasteiger partial charge on any atom is 0.214 e. The van der Waals surface area contributed by atoms with Crippen LogP contribution in [0.3, 0.4) is 0 Å². The molecule has 118 valence electrons. The number of rotatable bonds is 5. The quantitative estimate of drug-likeness (QED) is 0.630. The number of aliphatic hydroxyl groups is 1. The summed E-state index contributed by atoms with van der Waals surface area (Å²) in [6, 6.07) is 7.44. The molecule has 0 aliphatic carbocycles. The number of sulfonamides is 1. The summed E-state index contributed by atoms with van der Waals surface area (Å²) in [4.78, 5) is 0.979. The third-order valence-corrected chi connectivity index (χ3v) is 6.78. The Balaban J connectivity index is 1.87. The van der Waals surface area contributed by atoms with Crippen LogP contribution in [0.4, 0.5) is 5.69 Å². The van der Waals surface area contributed by atoms with Crippen molar-refractivity contribution in [2.24, 2.45) is 5.92 Å². The molecule has 1 saturated heterocycles. The van der Waals surface area contributed by atoms with Crippen molar-refractivity contribution >= 4 is 27.5 Å². The molecular weight excluding hydrogens is 308 g/mol. The van der Waals surface area contributed by atoms with Gasteiger partial charge in [0.05, 0.1) is 11.9 Å². The standard InChI is InChI=1S/C14H22N2O3S2/c1-11-10-16(6-5-14(11)17)21(18,19)8-7-20-13-4-2-3-12(15)9-13/h2-4,9,11,14,17H,5-8,10,15H2,1H3. The van der Waals surface area contributed by atoms with Crippen LogP contribution in [-0.4, -0.2) is 48.5 Å². The van der Waals surface area contributed by atoms with E-state index in [0.29, 0.717) is 31.0 Å². The Bertz CT molecular complexity index is 577. The highest BCUT2D eigenvalue weighted by atomic mass is 32.2. The van der Waals surface area contributed by atoms with Crippen molar-refractivity contribution in [3.05, 3.63) is 24.3 Å². The lowest BCUT2D eigenvalue weighted by atomic mass is 9.99. The first-order chi connectivity index (χ1) is 9.88. The molecule has 1 aromatic carbocycles. The summed E-state index contributed by atoms with van der Waals surface area (Å²) in [6.45, 7) is 2.71. The van der Waals surface area contributed by atoms with Crippen LogP contribution in [0.2, 0.25) is 0 Å². The van der Waals surface area contributed by atoms with E-state index in [2.05, 4.69) is 0 Å². The summed E-state index contributed by atoms with van der Waals surface area (Å²) < 4.78 is 26.1. The second kappa shape index (κ2) is 7.00. The molecule has 5 nitrogen and oxygen atoms in total. The van der Waals surface area contributed by atoms with Gasteiger partial charge in [0.15, 0.2) is 0 Å². The summed E-state index contributed by atoms with van der Waals surface area (Å²) in [6.07, 6.45) is 0.126. The molecule has 0 spiro atoms. The lowest BCUT2D eigenvalue weighted by Gasteiger charge is -2.33. The van der Waals surface area contributed by atoms with E-state index >= 15 is 0 Å². The fraction of sp³-hybridized carbons (Fsp3) is 0.571. The molecule has 7 heteroatoms. The zero-order valence-electron chi connectivity index (χ0n) is 12.1. The molecule has 2 rings (SSSR count). The summed E-state index contributed by atoms with van der Waals surface area (Å²) in [7, 11) is -3.25. The lowest BCUT2D eigenvalue weighted by Crippen LogP contribution is -2.45. The van der Waals surface area contributed by atoms with Crippen molar-refractivity contribution in [1.82, 2.24) is 4.31 Å². The Morgan fingerprint density at radius 1 is 1.48 bits per heavy atom. The molecule has 0 bridgehead atoms. The number of hydrogen-bond donors (Lipinski definition) is 2. The largest absolute Gasteiger partial charge is 0.399 e. The predicted octanol–water partition coefficient (Wildman–Crippen LogP) is 1.39. The summed E-state index contributed by atoms with van der Waals surface area (Å²) in [5.41, 5.74) is 6.38. The van der Waals surface area contributed by atoms with Gasteiger partial charge in [-0.25, -0.2) is 12.7 Å². The van der Waals surface area contributed by atoms with E-state index in [4.69, 9.17) is 5.73 Å². The highest BCUT2D eigenvalue weighted by Crippen LogP contribution is 2.23. The minimum absolute atomic E-state index is 0.00454. The first kappa shape index (κ1) is 16.6. The number of anilines is 1. The van der Waals surface area contributed by atoms with Crippen molar-refractivity contribution in [2.45, 2.75) is 24.3 Å². The van der Waals surface area contributed by atoms with Crippen molar-refractivity contribution in [1.29, 1.82) is 0 Å². The molecule has 1 aliphatic rings. The van der Waals surface area contributed by atoms with Crippen molar-refractivity contribution in [3.63, 3.8) is 0 Å². The van der Waals surface area contributed by atoms with Gasteiger partial charge in [0.25, 0.3) is 0 Å². The van der Waals surface area contributed by atoms with Gasteiger partial charge in [0, 0.05) is 29.4 Å². The van der Waals surface area contributed by atoms with E-state index in [0.717, 1.165) is 4.90 Å². The molecule has 0 radical (unpaired) electrons. The monoisotopic (exact) mass is 330 g/mol. The van der Waals surface area contributed by atoms with Gasteiger partial charge in [-0.1, -0.05) is 13.0 Å². The Kier molecular flexibility index (Phi) is 5.54. The van der Waals surface area contributed by atoms with E-state index in [1.807, 2.05) is 25.1 Å². The number of nitrogens with zero attached hydrogens (tertiary/aromatic N) is 1. The van der Waals surface area contributed by atoms with E-state index in [1.165, 1.54) is 16.1 Å². The van der Waals surface area contributed by atoms with Crippen LogP contribution in [0.5, 0.6) is 0 Å². The molecule has 2 unspecified atom stereocenters. The van der Waals surface area contributed by atoms with Gasteiger partial charge in [-0.05, 0) is 30.5 Å². The van der Waals surface area contributed by atoms with Gasteiger partial charge in [0.2, 0.25) is 10.0 Å². The first-order valence-electron chi connectivity index (χ1n) is 7.03. The average molecular weight is 330 g/mol. The molecule has 21 heavy (non-hydrogen) atoms. The zero-order chi connectivity index (χ0) is 15.5. The Labute approximate surface area is 130 Å². The van der Waals surface area contributed by atoms with Gasteiger partial charge in [0.1, 0.15) is 0 Å². The Hall–Kier alpha value is -0.760. The molecule has 2 atom stereocenters. The van der Waals surface area contributed by atoms with Gasteiger partial charge < -0.3 is 10.8 Å². The molecule has 3 N–H and O–H groups in total. The zero-order valence-corrected chi connectivity index (χ0v) is 13.7. The van der Waals surface area contributed by atoms with Crippen molar-refractivity contribution < 1.29 is 13.5 Å². The van der Waals surface area contributed by atoms with Crippen molar-refractivity contribution in [3.8, 4) is 0 Å². The molecular formula is C14H22N2O3S2. The van der Waals surface area contributed by atoms with Crippen LogP contribution >= 0.6 is 11.8 Å². The van der Waals surface area contributed by atoms with Crippen LogP contribution in [0, 0.1) is 5.92 Å². The SMILES string of the molecule is CC1CN(S(=O)(=O)CCSc2cccc(N)c2)CCC1O. The maximum absolute atomic E-state index is 12.3. The van der Waals surface area contributed by atoms with Crippen LogP contribution in [0.25, 0.3) is 0 Å². The number of piperidine rings is 1. The number of nitrogens with two attached hydrogens (primary N) is 1. The normalized spacial score (nSPS) is 24.1. The number of aliphatic hydroxyl groups excluding tert-OH is 1. The smallest absolute Gasteiger partial charge is 0.214 e. The third kappa shape index (κ3) is 4.60. The van der Waals surface area contributed by atoms with Crippen LogP contribution < -0.4 is 5.73 Å². The van der Waals surface area contributed by atoms with E-state index < -0.39 is 16.1 Å². The number of nitrogen functional groups attached to an aromatic ring is 1. The summed E-state index contributed by atoms with van der Waals surface area (Å²) >= 11 is 1.49. The van der Waals surface area contributed by atoms with E-state index in [9.17, 15) is 13.5 Å². The third-order valence-electron chi connectivity index (χ3n) is 3.68. The maximum atomic E-state index is 12.3. The van der Waals surface area contributed by atoms with Gasteiger partial charge in [-0.15, -0.1) is 11.8 Å². The summed E-state index contributed by atoms with van der Waals surface area (Å²) in [5.74, 6) is 0.601. The highest BCUT2D eigenvalue weighted by molar-refractivity contribution is 8.00. The molecule has 0 saturated carbocycles. The molecule has 1 fully saturated rings. The fourth-order valence-corrected chi connectivity index (χ4v) is 5.26. The number of benzene rings is 1. The Morgan fingerprint density at radius 3 is 2.90 bits per heavy atom. The number of hydrogen-bond acceptors (Lipinski definition) is 5. The molecule has 1 aromatic rings. The lowest BCUT2D eigenvalue weighted by molar-refractivity contribution is 0.0629. The molecule has 0 amide bonds. The molecule has 1 heterocycles. The minimum atomic E-state index is -3.25. The summed E-state index contributed by atoms with van der Waals surface area (Å²) in [5, 5.41) is 9.67. The first-order valence-corrected chi connectivity index (χ1v) is 9.62. The Morgan fingerprint density at radius 2 is 2.24 bits per heavy atom. The van der Waals surface area contributed by atoms with Gasteiger partial charge in [-0.2, -0.15) is 0 Å². The van der Waals surface area contributed by atoms with Gasteiger partial charge >= 0.3 is 0 Å². The van der Waals surface area contributed by atoms with Crippen LogP contribution in [0.15, 0.2) is 29.2 Å². The topological polar surface area (TPSA) is 83.6 Å². The minimum Gasteiger partial charge on any atom is -0.399 e. The predicted molar refractivity (Wildman–Crippen MR) is 86.7 cm³/mol. The molecule has 1 aliphatic heterocycles. The number of thioether (sulfide) groups is 1. The van der Waals surface area contributed by atoms with Gasteiger partial charge in [-0.3, -0.25) is 0 Å². The fourth-order valence-electron chi connectivity index (χ4n) is 2.35. The second-order valence-corrected chi connectivity index (χ2v) is 8.69. The second-order valence-electron chi connectivity index (χ2n) is 5.43. The van der Waals surface area contributed by atoms with E-state index in [1.54, 1.807) is 6.07 Å². The van der Waals surface area contributed by atoms with Crippen molar-refractivity contribution in [2.75, 3.05) is 30.3 Å².